The van der Waals surface area contributed by atoms with Crippen LogP contribution in [0.2, 0.25) is 0 Å². The first kappa shape index (κ1) is 10.9. The van der Waals surface area contributed by atoms with Crippen LogP contribution in [0.5, 0.6) is 0 Å². The Kier molecular flexibility index (Phi) is 2.97. The number of nitrogens with zero attached hydrogens (tertiary/aromatic N) is 1. The Balaban J connectivity index is 2.35. The second kappa shape index (κ2) is 4.09. The maximum Gasteiger partial charge on any atom is 0.218 e. The van der Waals surface area contributed by atoms with Crippen molar-refractivity contribution in [3.8, 4) is 0 Å². The molecule has 2 rings (SSSR count). The van der Waals surface area contributed by atoms with Crippen LogP contribution in [-0.4, -0.2) is 29.8 Å². The summed E-state index contributed by atoms with van der Waals surface area (Å²) in [6.07, 6.45) is 0. The number of rotatable bonds is 2. The van der Waals surface area contributed by atoms with Crippen molar-refractivity contribution in [1.82, 2.24) is 0 Å². The van der Waals surface area contributed by atoms with Crippen molar-refractivity contribution in [2.45, 2.75) is 12.5 Å². The van der Waals surface area contributed by atoms with Gasteiger partial charge in [0.05, 0.1) is 6.61 Å². The lowest BCUT2D eigenvalue weighted by Crippen LogP contribution is -2.28. The first-order valence-electron chi connectivity index (χ1n) is 4.73. The van der Waals surface area contributed by atoms with Gasteiger partial charge in [0, 0.05) is 9.13 Å². The van der Waals surface area contributed by atoms with Crippen molar-refractivity contribution in [2.24, 2.45) is 4.99 Å². The summed E-state index contributed by atoms with van der Waals surface area (Å²) in [5.74, 6) is 0.636. The topological polar surface area (TPSA) is 41.8 Å². The number of ether oxygens (including phenoxy) is 1. The SMILES string of the molecule is CC1(CO)COC(c2ccccc2I)=N1. The largest absolute Gasteiger partial charge is 0.475 e. The van der Waals surface area contributed by atoms with Crippen LogP contribution < -0.4 is 0 Å². The predicted octanol–water partition coefficient (Wildman–Crippen LogP) is 1.82. The van der Waals surface area contributed by atoms with Crippen molar-refractivity contribution in [3.63, 3.8) is 0 Å². The van der Waals surface area contributed by atoms with Crippen LogP contribution in [0.4, 0.5) is 0 Å². The van der Waals surface area contributed by atoms with E-state index in [0.717, 1.165) is 9.13 Å². The molecule has 4 heteroatoms. The summed E-state index contributed by atoms with van der Waals surface area (Å²) in [4.78, 5) is 4.41. The number of hydrogen-bond donors (Lipinski definition) is 1. The summed E-state index contributed by atoms with van der Waals surface area (Å²) in [5.41, 5.74) is 0.518. The summed E-state index contributed by atoms with van der Waals surface area (Å²) >= 11 is 2.25. The number of benzene rings is 1. The molecule has 0 spiro atoms. The van der Waals surface area contributed by atoms with E-state index < -0.39 is 5.54 Å². The van der Waals surface area contributed by atoms with Gasteiger partial charge in [-0.3, -0.25) is 0 Å². The highest BCUT2D eigenvalue weighted by molar-refractivity contribution is 14.1. The van der Waals surface area contributed by atoms with Crippen LogP contribution in [0, 0.1) is 3.57 Å². The molecule has 0 bridgehead atoms. The molecule has 3 nitrogen and oxygen atoms in total. The zero-order chi connectivity index (χ0) is 10.9. The predicted molar refractivity (Wildman–Crippen MR) is 67.1 cm³/mol. The van der Waals surface area contributed by atoms with E-state index in [2.05, 4.69) is 27.6 Å². The first-order chi connectivity index (χ1) is 7.14. The summed E-state index contributed by atoms with van der Waals surface area (Å²) in [6, 6.07) is 7.92. The van der Waals surface area contributed by atoms with Crippen molar-refractivity contribution in [2.75, 3.05) is 13.2 Å². The molecule has 0 saturated carbocycles. The van der Waals surface area contributed by atoms with Crippen LogP contribution in [0.15, 0.2) is 29.3 Å². The normalized spacial score (nSPS) is 24.9. The molecule has 1 N–H and O–H groups in total. The standard InChI is InChI=1S/C11H12INO2/c1-11(6-14)7-15-10(13-11)8-4-2-3-5-9(8)12/h2-5,14H,6-7H2,1H3. The zero-order valence-corrected chi connectivity index (χ0v) is 10.6. The molecule has 80 valence electrons. The third-order valence-electron chi connectivity index (χ3n) is 2.34. The molecule has 0 amide bonds. The summed E-state index contributed by atoms with van der Waals surface area (Å²) in [6.45, 7) is 2.35. The van der Waals surface area contributed by atoms with Gasteiger partial charge in [0.1, 0.15) is 12.1 Å². The van der Waals surface area contributed by atoms with Crippen molar-refractivity contribution in [3.05, 3.63) is 33.4 Å². The number of aliphatic hydroxyl groups excluding tert-OH is 1. The molecule has 1 aromatic rings. The van der Waals surface area contributed by atoms with Crippen molar-refractivity contribution < 1.29 is 9.84 Å². The Hall–Kier alpha value is -0.620. The third-order valence-corrected chi connectivity index (χ3v) is 3.28. The molecule has 1 atom stereocenters. The minimum absolute atomic E-state index is 0.0138. The van der Waals surface area contributed by atoms with Crippen molar-refractivity contribution >= 4 is 28.5 Å². The Labute approximate surface area is 102 Å². The number of aliphatic imine (C=N–C) groups is 1. The lowest BCUT2D eigenvalue weighted by atomic mass is 10.1. The van der Waals surface area contributed by atoms with Gasteiger partial charge in [-0.15, -0.1) is 0 Å². The third kappa shape index (κ3) is 2.15. The molecular weight excluding hydrogens is 305 g/mol. The van der Waals surface area contributed by atoms with Crippen LogP contribution in [0.1, 0.15) is 12.5 Å². The molecule has 0 saturated heterocycles. The van der Waals surface area contributed by atoms with Crippen LogP contribution in [0.3, 0.4) is 0 Å². The zero-order valence-electron chi connectivity index (χ0n) is 8.40. The van der Waals surface area contributed by atoms with Gasteiger partial charge < -0.3 is 9.84 Å². The highest BCUT2D eigenvalue weighted by Crippen LogP contribution is 2.23. The highest BCUT2D eigenvalue weighted by Gasteiger charge is 2.31. The van der Waals surface area contributed by atoms with E-state index in [1.54, 1.807) is 0 Å². The lowest BCUT2D eigenvalue weighted by Gasteiger charge is -2.12. The summed E-state index contributed by atoms with van der Waals surface area (Å²) < 4.78 is 6.62. The Bertz CT molecular complexity index is 405. The van der Waals surface area contributed by atoms with Gasteiger partial charge in [-0.1, -0.05) is 12.1 Å². The quantitative estimate of drug-likeness (QED) is 0.846. The van der Waals surface area contributed by atoms with Gasteiger partial charge in [-0.2, -0.15) is 0 Å². The van der Waals surface area contributed by atoms with Gasteiger partial charge in [0.15, 0.2) is 0 Å². The fourth-order valence-electron chi connectivity index (χ4n) is 1.39. The van der Waals surface area contributed by atoms with Gasteiger partial charge in [0.25, 0.3) is 0 Å². The summed E-state index contributed by atoms with van der Waals surface area (Å²) in [5, 5.41) is 9.17. The average molecular weight is 317 g/mol. The van der Waals surface area contributed by atoms with E-state index in [9.17, 15) is 5.11 Å². The fourth-order valence-corrected chi connectivity index (χ4v) is 2.01. The molecule has 1 aliphatic heterocycles. The van der Waals surface area contributed by atoms with Gasteiger partial charge in [-0.25, -0.2) is 4.99 Å². The van der Waals surface area contributed by atoms with Crippen LogP contribution in [-0.2, 0) is 4.74 Å². The molecule has 0 aliphatic carbocycles. The van der Waals surface area contributed by atoms with Crippen molar-refractivity contribution in [1.29, 1.82) is 0 Å². The first-order valence-corrected chi connectivity index (χ1v) is 5.81. The van der Waals surface area contributed by atoms with Gasteiger partial charge in [-0.05, 0) is 41.6 Å². The second-order valence-corrected chi connectivity index (χ2v) is 5.00. The number of halogens is 1. The molecule has 1 unspecified atom stereocenters. The number of hydrogen-bond acceptors (Lipinski definition) is 3. The Morgan fingerprint density at radius 3 is 2.87 bits per heavy atom. The van der Waals surface area contributed by atoms with Crippen LogP contribution in [0.25, 0.3) is 0 Å². The monoisotopic (exact) mass is 317 g/mol. The average Bonchev–Trinajstić information content (AvgIpc) is 2.63. The molecule has 0 aromatic heterocycles. The fraction of sp³-hybridized carbons (Fsp3) is 0.364. The number of aliphatic hydroxyl groups is 1. The molecular formula is C11H12INO2. The maximum absolute atomic E-state index is 9.17. The molecule has 0 fully saturated rings. The minimum Gasteiger partial charge on any atom is -0.475 e. The highest BCUT2D eigenvalue weighted by atomic mass is 127. The second-order valence-electron chi connectivity index (χ2n) is 3.84. The Morgan fingerprint density at radius 2 is 2.27 bits per heavy atom. The molecule has 1 aliphatic rings. The van der Waals surface area contributed by atoms with Gasteiger partial charge in [0.2, 0.25) is 5.90 Å². The van der Waals surface area contributed by atoms with E-state index in [0.29, 0.717) is 12.5 Å². The molecule has 0 radical (unpaired) electrons. The molecule has 1 heterocycles. The molecule has 15 heavy (non-hydrogen) atoms. The lowest BCUT2D eigenvalue weighted by molar-refractivity contribution is 0.170. The van der Waals surface area contributed by atoms with E-state index in [-0.39, 0.29) is 6.61 Å². The maximum atomic E-state index is 9.17. The van der Waals surface area contributed by atoms with Gasteiger partial charge >= 0.3 is 0 Å². The Morgan fingerprint density at radius 1 is 1.53 bits per heavy atom. The van der Waals surface area contributed by atoms with E-state index >= 15 is 0 Å². The molecule has 1 aromatic carbocycles. The van der Waals surface area contributed by atoms with Crippen LogP contribution >= 0.6 is 22.6 Å². The van der Waals surface area contributed by atoms with E-state index in [1.165, 1.54) is 0 Å². The van der Waals surface area contributed by atoms with E-state index in [1.807, 2.05) is 31.2 Å². The smallest absolute Gasteiger partial charge is 0.218 e. The van der Waals surface area contributed by atoms with E-state index in [4.69, 9.17) is 4.74 Å². The summed E-state index contributed by atoms with van der Waals surface area (Å²) in [7, 11) is 0. The minimum atomic E-state index is -0.478.